The number of hydrogen-bond acceptors (Lipinski definition) is 3. The maximum absolute atomic E-state index is 12.2. The molecule has 0 saturated carbocycles. The van der Waals surface area contributed by atoms with Gasteiger partial charge in [0.2, 0.25) is 5.91 Å². The van der Waals surface area contributed by atoms with E-state index in [2.05, 4.69) is 5.32 Å². The summed E-state index contributed by atoms with van der Waals surface area (Å²) in [6.07, 6.45) is 0.944. The van der Waals surface area contributed by atoms with E-state index >= 15 is 0 Å². The molecule has 0 spiro atoms. The van der Waals surface area contributed by atoms with Gasteiger partial charge in [0.1, 0.15) is 0 Å². The van der Waals surface area contributed by atoms with E-state index in [0.717, 1.165) is 16.7 Å². The Morgan fingerprint density at radius 2 is 1.67 bits per heavy atom. The van der Waals surface area contributed by atoms with E-state index in [-0.39, 0.29) is 31.1 Å². The lowest BCUT2D eigenvalue weighted by molar-refractivity contribution is -0.116. The minimum absolute atomic E-state index is 0.0217. The number of amides is 1. The Labute approximate surface area is 142 Å². The number of anilines is 1. The fraction of sp³-hybridized carbons (Fsp3) is 0.300. The molecule has 4 heteroatoms. The van der Waals surface area contributed by atoms with Crippen molar-refractivity contribution in [1.29, 1.82) is 0 Å². The maximum Gasteiger partial charge on any atom is 0.224 e. The van der Waals surface area contributed by atoms with E-state index in [9.17, 15) is 9.59 Å². The van der Waals surface area contributed by atoms with Crippen LogP contribution in [0.4, 0.5) is 5.69 Å². The molecular formula is C20H23NO3. The van der Waals surface area contributed by atoms with Crippen LogP contribution in [0, 0.1) is 13.8 Å². The predicted molar refractivity (Wildman–Crippen MR) is 95.3 cm³/mol. The first-order chi connectivity index (χ1) is 11.5. The van der Waals surface area contributed by atoms with Crippen LogP contribution in [-0.4, -0.2) is 23.4 Å². The second-order valence-corrected chi connectivity index (χ2v) is 5.94. The monoisotopic (exact) mass is 325 g/mol. The van der Waals surface area contributed by atoms with Crippen molar-refractivity contribution >= 4 is 17.4 Å². The van der Waals surface area contributed by atoms with E-state index in [1.165, 1.54) is 0 Å². The molecule has 0 saturated heterocycles. The van der Waals surface area contributed by atoms with Crippen LogP contribution in [0.1, 0.15) is 39.9 Å². The van der Waals surface area contributed by atoms with Gasteiger partial charge in [0.05, 0.1) is 0 Å². The van der Waals surface area contributed by atoms with E-state index in [1.807, 2.05) is 44.2 Å². The zero-order valence-corrected chi connectivity index (χ0v) is 14.1. The summed E-state index contributed by atoms with van der Waals surface area (Å²) in [5.41, 5.74) is 4.59. The first-order valence-corrected chi connectivity index (χ1v) is 8.09. The molecular weight excluding hydrogens is 302 g/mol. The summed E-state index contributed by atoms with van der Waals surface area (Å²) in [6, 6.07) is 12.9. The van der Waals surface area contributed by atoms with Crippen molar-refractivity contribution in [2.75, 3.05) is 11.9 Å². The van der Waals surface area contributed by atoms with Gasteiger partial charge in [-0.3, -0.25) is 9.59 Å². The fourth-order valence-electron chi connectivity index (χ4n) is 2.39. The fourth-order valence-corrected chi connectivity index (χ4v) is 2.39. The van der Waals surface area contributed by atoms with Gasteiger partial charge in [0.25, 0.3) is 0 Å². The van der Waals surface area contributed by atoms with Crippen molar-refractivity contribution in [2.45, 2.75) is 33.1 Å². The van der Waals surface area contributed by atoms with Crippen LogP contribution in [0.2, 0.25) is 0 Å². The second-order valence-electron chi connectivity index (χ2n) is 5.94. The van der Waals surface area contributed by atoms with Crippen molar-refractivity contribution < 1.29 is 14.7 Å². The summed E-state index contributed by atoms with van der Waals surface area (Å²) in [6.45, 7) is 4.08. The van der Waals surface area contributed by atoms with Crippen molar-refractivity contribution in [2.24, 2.45) is 0 Å². The summed E-state index contributed by atoms with van der Waals surface area (Å²) in [5.74, 6) is -0.200. The highest BCUT2D eigenvalue weighted by Gasteiger charge is 2.10. The maximum atomic E-state index is 12.2. The molecule has 2 rings (SSSR count). The Bertz CT molecular complexity index is 720. The third kappa shape index (κ3) is 5.03. The van der Waals surface area contributed by atoms with Crippen molar-refractivity contribution in [1.82, 2.24) is 0 Å². The number of Topliss-reactive ketones (excluding diaryl/α,β-unsaturated/α-hetero) is 1. The first-order valence-electron chi connectivity index (χ1n) is 8.09. The van der Waals surface area contributed by atoms with E-state index < -0.39 is 0 Å². The van der Waals surface area contributed by atoms with Gasteiger partial charge in [0, 0.05) is 30.7 Å². The molecule has 2 aromatic carbocycles. The van der Waals surface area contributed by atoms with Gasteiger partial charge < -0.3 is 10.4 Å². The molecule has 0 aromatic heterocycles. The lowest BCUT2D eigenvalue weighted by Gasteiger charge is -2.07. The molecule has 0 aliphatic heterocycles. The van der Waals surface area contributed by atoms with Crippen LogP contribution < -0.4 is 5.32 Å². The van der Waals surface area contributed by atoms with Crippen LogP contribution in [0.15, 0.2) is 42.5 Å². The molecule has 0 bridgehead atoms. The van der Waals surface area contributed by atoms with Gasteiger partial charge in [0.15, 0.2) is 5.78 Å². The molecule has 0 radical (unpaired) electrons. The molecule has 0 aliphatic rings. The number of aliphatic hydroxyl groups is 1. The van der Waals surface area contributed by atoms with Gasteiger partial charge in [-0.15, -0.1) is 0 Å². The van der Waals surface area contributed by atoms with Gasteiger partial charge in [-0.1, -0.05) is 24.3 Å². The molecule has 0 heterocycles. The number of carbonyl (C=O) groups excluding carboxylic acids is 2. The number of aliphatic hydroxyl groups excluding tert-OH is 1. The zero-order valence-electron chi connectivity index (χ0n) is 14.1. The average Bonchev–Trinajstić information content (AvgIpc) is 2.57. The number of carbonyl (C=O) groups is 2. The molecule has 4 nitrogen and oxygen atoms in total. The average molecular weight is 325 g/mol. The standard InChI is InChI=1S/C20H23NO3/c1-14-3-6-17(13-15(14)2)19(23)9-10-20(24)21-18-7-4-16(5-8-18)11-12-22/h3-8,13,22H,9-12H2,1-2H3,(H,21,24). The summed E-state index contributed by atoms with van der Waals surface area (Å²) in [7, 11) is 0. The second kappa shape index (κ2) is 8.41. The molecule has 0 atom stereocenters. The molecule has 0 fully saturated rings. The molecule has 126 valence electrons. The molecule has 2 N–H and O–H groups in total. The minimum atomic E-state index is -0.179. The Hall–Kier alpha value is -2.46. The minimum Gasteiger partial charge on any atom is -0.396 e. The topological polar surface area (TPSA) is 66.4 Å². The smallest absolute Gasteiger partial charge is 0.224 e. The van der Waals surface area contributed by atoms with Crippen LogP contribution in [0.25, 0.3) is 0 Å². The summed E-state index contributed by atoms with van der Waals surface area (Å²) < 4.78 is 0. The van der Waals surface area contributed by atoms with Crippen LogP contribution in [-0.2, 0) is 11.2 Å². The van der Waals surface area contributed by atoms with Gasteiger partial charge in [-0.2, -0.15) is 0 Å². The summed E-state index contributed by atoms with van der Waals surface area (Å²) >= 11 is 0. The molecule has 2 aromatic rings. The molecule has 24 heavy (non-hydrogen) atoms. The Morgan fingerprint density at radius 1 is 0.958 bits per heavy atom. The van der Waals surface area contributed by atoms with Crippen LogP contribution in [0.5, 0.6) is 0 Å². The summed E-state index contributed by atoms with van der Waals surface area (Å²) in [5, 5.41) is 11.7. The number of rotatable bonds is 7. The van der Waals surface area contributed by atoms with Crippen LogP contribution >= 0.6 is 0 Å². The van der Waals surface area contributed by atoms with Crippen molar-refractivity contribution in [3.05, 3.63) is 64.7 Å². The number of benzene rings is 2. The van der Waals surface area contributed by atoms with Crippen molar-refractivity contribution in [3.63, 3.8) is 0 Å². The largest absolute Gasteiger partial charge is 0.396 e. The zero-order chi connectivity index (χ0) is 17.5. The normalized spacial score (nSPS) is 10.5. The molecule has 0 aliphatic carbocycles. The number of ketones is 1. The Balaban J connectivity index is 1.86. The number of hydrogen-bond donors (Lipinski definition) is 2. The Kier molecular flexibility index (Phi) is 6.27. The highest BCUT2D eigenvalue weighted by atomic mass is 16.3. The third-order valence-electron chi connectivity index (χ3n) is 4.05. The van der Waals surface area contributed by atoms with Crippen molar-refractivity contribution in [3.8, 4) is 0 Å². The SMILES string of the molecule is Cc1ccc(C(=O)CCC(=O)Nc2ccc(CCO)cc2)cc1C. The Morgan fingerprint density at radius 3 is 2.29 bits per heavy atom. The van der Waals surface area contributed by atoms with Crippen LogP contribution in [0.3, 0.4) is 0 Å². The predicted octanol–water partition coefficient (Wildman–Crippen LogP) is 3.44. The highest BCUT2D eigenvalue weighted by molar-refractivity contribution is 6.00. The molecule has 1 amide bonds. The van der Waals surface area contributed by atoms with Gasteiger partial charge >= 0.3 is 0 Å². The quantitative estimate of drug-likeness (QED) is 0.766. The lowest BCUT2D eigenvalue weighted by Crippen LogP contribution is -2.13. The first kappa shape index (κ1) is 17.9. The third-order valence-corrected chi connectivity index (χ3v) is 4.05. The van der Waals surface area contributed by atoms with Gasteiger partial charge in [-0.25, -0.2) is 0 Å². The highest BCUT2D eigenvalue weighted by Crippen LogP contribution is 2.14. The van der Waals surface area contributed by atoms with Gasteiger partial charge in [-0.05, 0) is 55.2 Å². The molecule has 0 unspecified atom stereocenters. The van der Waals surface area contributed by atoms with E-state index in [4.69, 9.17) is 5.11 Å². The number of nitrogens with one attached hydrogen (secondary N) is 1. The summed E-state index contributed by atoms with van der Waals surface area (Å²) in [4.78, 5) is 24.2. The lowest BCUT2D eigenvalue weighted by atomic mass is 10.0. The van der Waals surface area contributed by atoms with E-state index in [0.29, 0.717) is 17.7 Å². The number of aryl methyl sites for hydroxylation is 2. The van der Waals surface area contributed by atoms with E-state index in [1.54, 1.807) is 12.1 Å².